The predicted molar refractivity (Wildman–Crippen MR) is 75.3 cm³/mol. The first-order valence-corrected chi connectivity index (χ1v) is 5.84. The number of likely N-dealkylation sites (N-methyl/N-ethyl adjacent to an activating group) is 1. The van der Waals surface area contributed by atoms with Crippen LogP contribution in [0.3, 0.4) is 0 Å². The van der Waals surface area contributed by atoms with Gasteiger partial charge in [0.15, 0.2) is 0 Å². The molecular weight excluding hydrogens is 234 g/mol. The lowest BCUT2D eigenvalue weighted by molar-refractivity contribution is 0.313. The van der Waals surface area contributed by atoms with Gasteiger partial charge in [-0.1, -0.05) is 6.07 Å². The molecule has 92 valence electrons. The van der Waals surface area contributed by atoms with Gasteiger partial charge in [-0.3, -0.25) is 0 Å². The van der Waals surface area contributed by atoms with Crippen LogP contribution in [0.5, 0.6) is 0 Å². The number of benzene rings is 1. The van der Waals surface area contributed by atoms with Crippen LogP contribution in [0.4, 0.5) is 5.69 Å². The standard InChI is InChI=1S/C13H17N3.ClH/c1-15-7-9-16(10-8-15)13-4-2-3-12-11(13)5-6-14-12;/h2-6,14H,7-10H2,1H3;1H. The van der Waals surface area contributed by atoms with E-state index in [4.69, 9.17) is 0 Å². The van der Waals surface area contributed by atoms with Gasteiger partial charge in [-0.15, -0.1) is 12.4 Å². The molecule has 17 heavy (non-hydrogen) atoms. The number of aromatic nitrogens is 1. The molecule has 0 bridgehead atoms. The zero-order chi connectivity index (χ0) is 11.0. The van der Waals surface area contributed by atoms with Gasteiger partial charge >= 0.3 is 0 Å². The summed E-state index contributed by atoms with van der Waals surface area (Å²) in [5.74, 6) is 0. The number of aromatic amines is 1. The number of halogens is 1. The first-order chi connectivity index (χ1) is 7.84. The molecule has 3 rings (SSSR count). The van der Waals surface area contributed by atoms with Gasteiger partial charge in [0, 0.05) is 49.0 Å². The molecule has 1 aliphatic rings. The summed E-state index contributed by atoms with van der Waals surface area (Å²) in [6.45, 7) is 4.56. The van der Waals surface area contributed by atoms with Gasteiger partial charge in [-0.2, -0.15) is 0 Å². The average molecular weight is 252 g/mol. The summed E-state index contributed by atoms with van der Waals surface area (Å²) < 4.78 is 0. The average Bonchev–Trinajstić information content (AvgIpc) is 2.78. The number of nitrogens with one attached hydrogen (secondary N) is 1. The Labute approximate surface area is 108 Å². The Kier molecular flexibility index (Phi) is 3.60. The molecule has 1 fully saturated rings. The van der Waals surface area contributed by atoms with Gasteiger partial charge < -0.3 is 14.8 Å². The molecule has 0 saturated carbocycles. The highest BCUT2D eigenvalue weighted by Crippen LogP contribution is 2.26. The molecule has 0 spiro atoms. The Morgan fingerprint density at radius 3 is 2.59 bits per heavy atom. The second-order valence-electron chi connectivity index (χ2n) is 4.51. The fourth-order valence-corrected chi connectivity index (χ4v) is 2.39. The maximum absolute atomic E-state index is 3.27. The summed E-state index contributed by atoms with van der Waals surface area (Å²) in [4.78, 5) is 8.14. The fourth-order valence-electron chi connectivity index (χ4n) is 2.39. The molecule has 0 amide bonds. The number of hydrogen-bond donors (Lipinski definition) is 1. The summed E-state index contributed by atoms with van der Waals surface area (Å²) in [6.07, 6.45) is 2.02. The van der Waals surface area contributed by atoms with Gasteiger partial charge in [-0.25, -0.2) is 0 Å². The van der Waals surface area contributed by atoms with Crippen LogP contribution in [0.1, 0.15) is 0 Å². The molecule has 0 unspecified atom stereocenters. The van der Waals surface area contributed by atoms with Crippen molar-refractivity contribution in [1.82, 2.24) is 9.88 Å². The van der Waals surface area contributed by atoms with Gasteiger partial charge in [0.05, 0.1) is 0 Å². The molecule has 2 heterocycles. The van der Waals surface area contributed by atoms with Crippen molar-refractivity contribution in [1.29, 1.82) is 0 Å². The minimum absolute atomic E-state index is 0. The van der Waals surface area contributed by atoms with E-state index in [-0.39, 0.29) is 12.4 Å². The zero-order valence-electron chi connectivity index (χ0n) is 10.0. The van der Waals surface area contributed by atoms with Crippen LogP contribution < -0.4 is 4.90 Å². The van der Waals surface area contributed by atoms with Gasteiger partial charge in [0.25, 0.3) is 0 Å². The van der Waals surface area contributed by atoms with Crippen molar-refractivity contribution in [3.63, 3.8) is 0 Å². The molecular formula is C13H18ClN3. The van der Waals surface area contributed by atoms with E-state index in [1.807, 2.05) is 6.20 Å². The summed E-state index contributed by atoms with van der Waals surface area (Å²) in [5, 5.41) is 1.34. The minimum Gasteiger partial charge on any atom is -0.368 e. The molecule has 1 N–H and O–H groups in total. The van der Waals surface area contributed by atoms with Gasteiger partial charge in [0.1, 0.15) is 0 Å². The van der Waals surface area contributed by atoms with Crippen molar-refractivity contribution in [3.05, 3.63) is 30.5 Å². The fraction of sp³-hybridized carbons (Fsp3) is 0.385. The van der Waals surface area contributed by atoms with Crippen LogP contribution in [0.25, 0.3) is 10.9 Å². The molecule has 3 nitrogen and oxygen atoms in total. The third-order valence-electron chi connectivity index (χ3n) is 3.42. The molecule has 0 radical (unpaired) electrons. The first-order valence-electron chi connectivity index (χ1n) is 5.84. The Balaban J connectivity index is 0.00000108. The van der Waals surface area contributed by atoms with E-state index in [1.54, 1.807) is 0 Å². The smallest absolute Gasteiger partial charge is 0.0474 e. The molecule has 1 aromatic carbocycles. The van der Waals surface area contributed by atoms with E-state index in [0.717, 1.165) is 26.2 Å². The monoisotopic (exact) mass is 251 g/mol. The number of nitrogens with zero attached hydrogens (tertiary/aromatic N) is 2. The van der Waals surface area contributed by atoms with Gasteiger partial charge in [0.2, 0.25) is 0 Å². The van der Waals surface area contributed by atoms with E-state index >= 15 is 0 Å². The Bertz CT molecular complexity index is 486. The van der Waals surface area contributed by atoms with E-state index in [9.17, 15) is 0 Å². The van der Waals surface area contributed by atoms with Crippen molar-refractivity contribution in [2.75, 3.05) is 38.1 Å². The van der Waals surface area contributed by atoms with Crippen LogP contribution >= 0.6 is 12.4 Å². The van der Waals surface area contributed by atoms with E-state index in [1.165, 1.54) is 16.6 Å². The third-order valence-corrected chi connectivity index (χ3v) is 3.42. The van der Waals surface area contributed by atoms with E-state index in [0.29, 0.717) is 0 Å². The Hall–Kier alpha value is -1.19. The van der Waals surface area contributed by atoms with Crippen LogP contribution in [-0.2, 0) is 0 Å². The number of hydrogen-bond acceptors (Lipinski definition) is 2. The van der Waals surface area contributed by atoms with Gasteiger partial charge in [-0.05, 0) is 25.2 Å². The van der Waals surface area contributed by atoms with E-state index in [2.05, 4.69) is 46.1 Å². The second kappa shape index (κ2) is 4.98. The Morgan fingerprint density at radius 2 is 1.82 bits per heavy atom. The van der Waals surface area contributed by atoms with Crippen LogP contribution in [0, 0.1) is 0 Å². The minimum atomic E-state index is 0. The summed E-state index contributed by atoms with van der Waals surface area (Å²) in [7, 11) is 2.19. The molecule has 4 heteroatoms. The third kappa shape index (κ3) is 2.26. The van der Waals surface area contributed by atoms with Crippen LogP contribution in [0.2, 0.25) is 0 Å². The van der Waals surface area contributed by atoms with Crippen LogP contribution in [-0.4, -0.2) is 43.1 Å². The molecule has 1 aromatic heterocycles. The van der Waals surface area contributed by atoms with Crippen molar-refractivity contribution < 1.29 is 0 Å². The molecule has 2 aromatic rings. The quantitative estimate of drug-likeness (QED) is 0.841. The first kappa shape index (κ1) is 12.3. The number of H-pyrrole nitrogens is 1. The maximum Gasteiger partial charge on any atom is 0.0474 e. The molecule has 1 saturated heterocycles. The lowest BCUT2D eigenvalue weighted by Gasteiger charge is -2.34. The summed E-state index contributed by atoms with van der Waals surface area (Å²) >= 11 is 0. The number of anilines is 1. The molecule has 0 aliphatic carbocycles. The molecule has 0 atom stereocenters. The number of fused-ring (bicyclic) bond motifs is 1. The van der Waals surface area contributed by atoms with Crippen molar-refractivity contribution in [2.45, 2.75) is 0 Å². The highest BCUT2D eigenvalue weighted by Gasteiger charge is 2.15. The highest BCUT2D eigenvalue weighted by molar-refractivity contribution is 5.92. The highest BCUT2D eigenvalue weighted by atomic mass is 35.5. The zero-order valence-corrected chi connectivity index (χ0v) is 10.8. The lowest BCUT2D eigenvalue weighted by Crippen LogP contribution is -2.44. The topological polar surface area (TPSA) is 22.3 Å². The summed E-state index contributed by atoms with van der Waals surface area (Å²) in [5.41, 5.74) is 2.60. The second-order valence-corrected chi connectivity index (χ2v) is 4.51. The van der Waals surface area contributed by atoms with E-state index < -0.39 is 0 Å². The maximum atomic E-state index is 3.27. The van der Waals surface area contributed by atoms with Crippen molar-refractivity contribution in [3.8, 4) is 0 Å². The summed E-state index contributed by atoms with van der Waals surface area (Å²) in [6, 6.07) is 8.66. The van der Waals surface area contributed by atoms with Crippen LogP contribution in [0.15, 0.2) is 30.5 Å². The van der Waals surface area contributed by atoms with Crippen molar-refractivity contribution in [2.24, 2.45) is 0 Å². The van der Waals surface area contributed by atoms with Crippen molar-refractivity contribution >= 4 is 29.0 Å². The largest absolute Gasteiger partial charge is 0.368 e. The lowest BCUT2D eigenvalue weighted by atomic mass is 10.2. The predicted octanol–water partition coefficient (Wildman–Crippen LogP) is 2.34. The Morgan fingerprint density at radius 1 is 1.06 bits per heavy atom. The molecule has 1 aliphatic heterocycles. The SMILES string of the molecule is CN1CCN(c2cccc3[nH]ccc23)CC1.Cl. The normalized spacial score (nSPS) is 17.1. The number of rotatable bonds is 1. The number of piperazine rings is 1.